The molecule has 162 valence electrons. The second-order valence-electron chi connectivity index (χ2n) is 6.89. The molecule has 1 N–H and O–H groups in total. The van der Waals surface area contributed by atoms with Crippen LogP contribution in [0.5, 0.6) is 11.5 Å². The molecule has 3 aromatic rings. The van der Waals surface area contributed by atoms with Crippen molar-refractivity contribution in [2.75, 3.05) is 12.1 Å². The van der Waals surface area contributed by atoms with E-state index in [1.165, 1.54) is 18.2 Å². The first-order valence-corrected chi connectivity index (χ1v) is 10.4. The molecule has 6 nitrogen and oxygen atoms in total. The predicted molar refractivity (Wildman–Crippen MR) is 124 cm³/mol. The van der Waals surface area contributed by atoms with E-state index in [9.17, 15) is 9.59 Å². The topological polar surface area (TPSA) is 67.9 Å². The summed E-state index contributed by atoms with van der Waals surface area (Å²) in [5.74, 6) is -0.103. The van der Waals surface area contributed by atoms with Gasteiger partial charge in [0.25, 0.3) is 11.8 Å². The summed E-state index contributed by atoms with van der Waals surface area (Å²) in [5.41, 5.74) is 4.46. The van der Waals surface area contributed by atoms with Crippen LogP contribution in [0.3, 0.4) is 0 Å². The Morgan fingerprint density at radius 2 is 1.75 bits per heavy atom. The van der Waals surface area contributed by atoms with Gasteiger partial charge in [0.05, 0.1) is 22.8 Å². The average Bonchev–Trinajstić information content (AvgIpc) is 3.09. The fourth-order valence-electron chi connectivity index (χ4n) is 3.22. The van der Waals surface area contributed by atoms with Crippen molar-refractivity contribution in [3.05, 3.63) is 93.5 Å². The van der Waals surface area contributed by atoms with Gasteiger partial charge in [0.1, 0.15) is 12.2 Å². The minimum absolute atomic E-state index is 0.0125. The summed E-state index contributed by atoms with van der Waals surface area (Å²) >= 11 is 12.1. The molecule has 8 heteroatoms. The summed E-state index contributed by atoms with van der Waals surface area (Å²) in [5, 5.41) is 2.08. The first kappa shape index (κ1) is 21.7. The molecular formula is C24H18Cl2N2O4. The normalized spacial score (nSPS) is 14.6. The summed E-state index contributed by atoms with van der Waals surface area (Å²) in [6.45, 7) is 0.184. The molecule has 0 unspecified atom stereocenters. The Morgan fingerprint density at radius 3 is 2.47 bits per heavy atom. The van der Waals surface area contributed by atoms with Crippen LogP contribution in [-0.2, 0) is 16.2 Å². The molecule has 3 aromatic carbocycles. The van der Waals surface area contributed by atoms with E-state index in [2.05, 4.69) is 5.43 Å². The number of benzene rings is 3. The highest BCUT2D eigenvalue weighted by molar-refractivity contribution is 6.42. The molecule has 4 rings (SSSR count). The van der Waals surface area contributed by atoms with Crippen LogP contribution in [0.4, 0.5) is 5.69 Å². The molecule has 1 saturated heterocycles. The Morgan fingerprint density at radius 1 is 0.969 bits per heavy atom. The van der Waals surface area contributed by atoms with E-state index in [1.54, 1.807) is 60.7 Å². The molecule has 1 fully saturated rings. The molecule has 0 saturated carbocycles. The Labute approximate surface area is 194 Å². The van der Waals surface area contributed by atoms with Crippen LogP contribution in [0.15, 0.2) is 72.3 Å². The molecule has 0 spiro atoms. The number of ether oxygens (including phenoxy) is 2. The maximum Gasteiger partial charge on any atom is 0.282 e. The third-order valence-electron chi connectivity index (χ3n) is 4.80. The van der Waals surface area contributed by atoms with Crippen molar-refractivity contribution in [1.29, 1.82) is 0 Å². The predicted octanol–water partition coefficient (Wildman–Crippen LogP) is 5.04. The van der Waals surface area contributed by atoms with E-state index in [1.807, 2.05) is 6.07 Å². The van der Waals surface area contributed by atoms with Crippen LogP contribution in [0, 0.1) is 0 Å². The van der Waals surface area contributed by atoms with Crippen molar-refractivity contribution in [2.24, 2.45) is 0 Å². The second-order valence-corrected chi connectivity index (χ2v) is 7.71. The Bertz CT molecular complexity index is 1210. The van der Waals surface area contributed by atoms with Gasteiger partial charge in [-0.3, -0.25) is 15.0 Å². The molecule has 0 aliphatic carbocycles. The summed E-state index contributed by atoms with van der Waals surface area (Å²) in [7, 11) is 1.52. The van der Waals surface area contributed by atoms with Crippen LogP contribution in [0.25, 0.3) is 6.08 Å². The smallest absolute Gasteiger partial charge is 0.282 e. The molecule has 32 heavy (non-hydrogen) atoms. The van der Waals surface area contributed by atoms with Crippen LogP contribution >= 0.6 is 23.2 Å². The zero-order valence-electron chi connectivity index (χ0n) is 17.0. The molecule has 0 radical (unpaired) electrons. The van der Waals surface area contributed by atoms with E-state index in [-0.39, 0.29) is 12.2 Å². The van der Waals surface area contributed by atoms with Gasteiger partial charge in [-0.25, -0.2) is 5.01 Å². The number of amides is 2. The largest absolute Gasteiger partial charge is 0.493 e. The van der Waals surface area contributed by atoms with Crippen LogP contribution in [0.2, 0.25) is 10.0 Å². The highest BCUT2D eigenvalue weighted by atomic mass is 35.5. The molecule has 0 atom stereocenters. The number of para-hydroxylation sites is 2. The molecule has 1 aliphatic heterocycles. The maximum absolute atomic E-state index is 12.9. The quantitative estimate of drug-likeness (QED) is 0.406. The molecule has 1 heterocycles. The number of hydrogen-bond acceptors (Lipinski definition) is 4. The first-order valence-electron chi connectivity index (χ1n) is 9.64. The van der Waals surface area contributed by atoms with Gasteiger partial charge in [-0.05, 0) is 42.0 Å². The average molecular weight is 469 g/mol. The summed E-state index contributed by atoms with van der Waals surface area (Å²) in [6, 6.07) is 19.3. The number of anilines is 1. The first-order chi connectivity index (χ1) is 15.5. The second kappa shape index (κ2) is 9.34. The fraction of sp³-hybridized carbons (Fsp3) is 0.0833. The van der Waals surface area contributed by atoms with Gasteiger partial charge in [0.15, 0.2) is 11.5 Å². The van der Waals surface area contributed by atoms with Gasteiger partial charge >= 0.3 is 0 Å². The maximum atomic E-state index is 12.9. The highest BCUT2D eigenvalue weighted by Crippen LogP contribution is 2.34. The van der Waals surface area contributed by atoms with E-state index < -0.39 is 11.8 Å². The van der Waals surface area contributed by atoms with E-state index in [0.29, 0.717) is 32.8 Å². The summed E-state index contributed by atoms with van der Waals surface area (Å²) in [6.07, 6.45) is 1.49. The lowest BCUT2D eigenvalue weighted by atomic mass is 10.1. The van der Waals surface area contributed by atoms with Crippen molar-refractivity contribution < 1.29 is 19.1 Å². The van der Waals surface area contributed by atoms with E-state index in [4.69, 9.17) is 32.7 Å². The molecule has 1 aliphatic rings. The molecular weight excluding hydrogens is 451 g/mol. The van der Waals surface area contributed by atoms with Crippen LogP contribution < -0.4 is 19.9 Å². The van der Waals surface area contributed by atoms with Gasteiger partial charge in [0.2, 0.25) is 0 Å². The van der Waals surface area contributed by atoms with Gasteiger partial charge in [-0.1, -0.05) is 59.6 Å². The number of hydrogen-bond donors (Lipinski definition) is 1. The third kappa shape index (κ3) is 4.42. The minimum Gasteiger partial charge on any atom is -0.493 e. The molecule has 0 bridgehead atoms. The van der Waals surface area contributed by atoms with Crippen LogP contribution in [0.1, 0.15) is 11.1 Å². The molecule has 0 aromatic heterocycles. The van der Waals surface area contributed by atoms with Crippen molar-refractivity contribution in [3.63, 3.8) is 0 Å². The number of hydrazine groups is 1. The minimum atomic E-state index is -0.503. The number of carbonyl (C=O) groups is 2. The van der Waals surface area contributed by atoms with Crippen molar-refractivity contribution in [3.8, 4) is 11.5 Å². The fourth-order valence-corrected chi connectivity index (χ4v) is 3.54. The standard InChI is InChI=1S/C24H18Cl2N2O4/c1-31-21-9-5-6-16(22(21)32-14-15-10-11-19(25)20(26)12-15)13-18-23(29)27-28(24(18)30)17-7-3-2-4-8-17/h2-13H,14H2,1H3,(H,27,29)/b18-13+. The Kier molecular flexibility index (Phi) is 6.35. The summed E-state index contributed by atoms with van der Waals surface area (Å²) < 4.78 is 11.4. The van der Waals surface area contributed by atoms with E-state index in [0.717, 1.165) is 5.56 Å². The monoisotopic (exact) mass is 468 g/mol. The van der Waals surface area contributed by atoms with Gasteiger partial charge in [0, 0.05) is 5.56 Å². The van der Waals surface area contributed by atoms with E-state index >= 15 is 0 Å². The lowest BCUT2D eigenvalue weighted by Crippen LogP contribution is -2.35. The third-order valence-corrected chi connectivity index (χ3v) is 5.54. The molecule has 2 amide bonds. The Hall–Kier alpha value is -3.48. The number of nitrogens with zero attached hydrogens (tertiary/aromatic N) is 1. The Balaban J connectivity index is 1.65. The van der Waals surface area contributed by atoms with Gasteiger partial charge in [-0.2, -0.15) is 0 Å². The lowest BCUT2D eigenvalue weighted by Gasteiger charge is -2.14. The number of nitrogens with one attached hydrogen (secondary N) is 1. The van der Waals surface area contributed by atoms with Gasteiger partial charge in [-0.15, -0.1) is 0 Å². The number of halogens is 2. The van der Waals surface area contributed by atoms with Crippen molar-refractivity contribution in [1.82, 2.24) is 5.43 Å². The zero-order valence-corrected chi connectivity index (χ0v) is 18.5. The summed E-state index contributed by atoms with van der Waals surface area (Å²) in [4.78, 5) is 25.5. The van der Waals surface area contributed by atoms with Crippen LogP contribution in [-0.4, -0.2) is 18.9 Å². The SMILES string of the molecule is COc1cccc(/C=C2\C(=O)NN(c3ccccc3)C2=O)c1OCc1ccc(Cl)c(Cl)c1. The number of rotatable bonds is 6. The van der Waals surface area contributed by atoms with Gasteiger partial charge < -0.3 is 9.47 Å². The number of methoxy groups -OCH3 is 1. The lowest BCUT2D eigenvalue weighted by molar-refractivity contribution is -0.117. The van der Waals surface area contributed by atoms with Crippen molar-refractivity contribution >= 4 is 46.8 Å². The highest BCUT2D eigenvalue weighted by Gasteiger charge is 2.34. The van der Waals surface area contributed by atoms with Crippen molar-refractivity contribution in [2.45, 2.75) is 6.61 Å². The number of carbonyl (C=O) groups excluding carboxylic acids is 2. The zero-order chi connectivity index (χ0) is 22.7.